The van der Waals surface area contributed by atoms with E-state index in [1.807, 2.05) is 29.2 Å². The SMILES string of the molecule is COc1ccc(/C=C2\CCC[C@H]3C2=NN(C(=O)CN2CCN(C(C)=O)CC2)[C@H]3c2ccc(OC)cc2)cc1. The molecule has 0 bridgehead atoms. The van der Waals surface area contributed by atoms with E-state index in [0.717, 1.165) is 47.6 Å². The van der Waals surface area contributed by atoms with Crippen LogP contribution in [0.3, 0.4) is 0 Å². The van der Waals surface area contributed by atoms with Crippen LogP contribution >= 0.6 is 0 Å². The minimum Gasteiger partial charge on any atom is -0.497 e. The Balaban J connectivity index is 1.42. The van der Waals surface area contributed by atoms with Gasteiger partial charge in [-0.25, -0.2) is 5.01 Å². The molecule has 5 rings (SSSR count). The van der Waals surface area contributed by atoms with E-state index in [2.05, 4.69) is 35.2 Å². The number of carbonyl (C=O) groups excluding carboxylic acids is 2. The quantitative estimate of drug-likeness (QED) is 0.581. The first kappa shape index (κ1) is 26.0. The molecule has 0 N–H and O–H groups in total. The summed E-state index contributed by atoms with van der Waals surface area (Å²) in [6, 6.07) is 15.9. The third-order valence-electron chi connectivity index (χ3n) is 7.85. The predicted molar refractivity (Wildman–Crippen MR) is 147 cm³/mol. The number of hydrazone groups is 1. The van der Waals surface area contributed by atoms with Crippen molar-refractivity contribution in [3.8, 4) is 11.5 Å². The number of amides is 2. The van der Waals surface area contributed by atoms with E-state index in [1.54, 1.807) is 26.2 Å². The summed E-state index contributed by atoms with van der Waals surface area (Å²) in [6.07, 6.45) is 5.17. The molecule has 0 unspecified atom stereocenters. The molecule has 38 heavy (non-hydrogen) atoms. The number of ether oxygens (including phenoxy) is 2. The summed E-state index contributed by atoms with van der Waals surface area (Å²) in [7, 11) is 3.32. The summed E-state index contributed by atoms with van der Waals surface area (Å²) in [5, 5.41) is 6.74. The van der Waals surface area contributed by atoms with Gasteiger partial charge in [0.25, 0.3) is 5.91 Å². The van der Waals surface area contributed by atoms with Crippen molar-refractivity contribution in [3.05, 3.63) is 65.2 Å². The van der Waals surface area contributed by atoms with E-state index in [-0.39, 0.29) is 23.8 Å². The third kappa shape index (κ3) is 5.45. The molecule has 2 amide bonds. The van der Waals surface area contributed by atoms with Crippen LogP contribution in [0.1, 0.15) is 43.4 Å². The molecule has 0 spiro atoms. The molecule has 0 radical (unpaired) electrons. The number of hydrogen-bond donors (Lipinski definition) is 0. The second kappa shape index (κ2) is 11.4. The molecule has 2 atom stereocenters. The molecule has 1 saturated carbocycles. The van der Waals surface area contributed by atoms with Crippen LogP contribution in [0.15, 0.2) is 59.2 Å². The first-order valence-corrected chi connectivity index (χ1v) is 13.3. The number of fused-ring (bicyclic) bond motifs is 1. The van der Waals surface area contributed by atoms with Crippen LogP contribution in [0.2, 0.25) is 0 Å². The van der Waals surface area contributed by atoms with Gasteiger partial charge in [-0.3, -0.25) is 14.5 Å². The summed E-state index contributed by atoms with van der Waals surface area (Å²) in [6.45, 7) is 4.57. The van der Waals surface area contributed by atoms with Crippen LogP contribution in [0.5, 0.6) is 11.5 Å². The Labute approximate surface area is 224 Å². The zero-order valence-electron chi connectivity index (χ0n) is 22.4. The van der Waals surface area contributed by atoms with E-state index in [4.69, 9.17) is 14.6 Å². The lowest BCUT2D eigenvalue weighted by molar-refractivity contribution is -0.136. The third-order valence-corrected chi connectivity index (χ3v) is 7.85. The molecule has 1 saturated heterocycles. The van der Waals surface area contributed by atoms with E-state index < -0.39 is 0 Å². The normalized spacial score (nSPS) is 22.7. The highest BCUT2D eigenvalue weighted by molar-refractivity contribution is 6.08. The molecule has 2 heterocycles. The van der Waals surface area contributed by atoms with Crippen molar-refractivity contribution in [2.45, 2.75) is 32.2 Å². The molecule has 2 aliphatic heterocycles. The lowest BCUT2D eigenvalue weighted by atomic mass is 9.77. The van der Waals surface area contributed by atoms with Gasteiger partial charge in [-0.1, -0.05) is 24.3 Å². The summed E-state index contributed by atoms with van der Waals surface area (Å²) in [5.74, 6) is 1.83. The fourth-order valence-electron chi connectivity index (χ4n) is 5.73. The number of piperazine rings is 1. The van der Waals surface area contributed by atoms with Crippen LogP contribution in [0.25, 0.3) is 6.08 Å². The van der Waals surface area contributed by atoms with Crippen molar-refractivity contribution in [1.82, 2.24) is 14.8 Å². The molecule has 8 heteroatoms. The molecule has 3 aliphatic rings. The van der Waals surface area contributed by atoms with Gasteiger partial charge in [-0.2, -0.15) is 5.10 Å². The van der Waals surface area contributed by atoms with E-state index in [9.17, 15) is 9.59 Å². The molecule has 0 aromatic heterocycles. The van der Waals surface area contributed by atoms with Gasteiger partial charge in [0.05, 0.1) is 32.5 Å². The van der Waals surface area contributed by atoms with E-state index in [1.165, 1.54) is 5.57 Å². The highest BCUT2D eigenvalue weighted by Crippen LogP contribution is 2.44. The minimum absolute atomic E-state index is 0.00668. The number of benzene rings is 2. The van der Waals surface area contributed by atoms with Crippen molar-refractivity contribution < 1.29 is 19.1 Å². The summed E-state index contributed by atoms with van der Waals surface area (Å²) in [4.78, 5) is 29.4. The summed E-state index contributed by atoms with van der Waals surface area (Å²) in [5.41, 5.74) is 4.37. The number of hydrogen-bond acceptors (Lipinski definition) is 6. The maximum Gasteiger partial charge on any atom is 0.257 e. The van der Waals surface area contributed by atoms with Crippen molar-refractivity contribution in [2.75, 3.05) is 46.9 Å². The van der Waals surface area contributed by atoms with Gasteiger partial charge in [-0.05, 0) is 66.3 Å². The highest BCUT2D eigenvalue weighted by atomic mass is 16.5. The average molecular weight is 517 g/mol. The minimum atomic E-state index is -0.151. The van der Waals surface area contributed by atoms with Crippen molar-refractivity contribution >= 4 is 23.6 Å². The standard InChI is InChI=1S/C30H36N4O4/c1-21(35)33-17-15-32(16-18-33)20-28(36)34-30(23-9-13-26(38-3)14-10-23)27-6-4-5-24(29(27)31-34)19-22-7-11-25(37-2)12-8-22/h7-14,19,27,30H,4-6,15-18,20H2,1-3H3/b24-19+/t27-,30-/m0/s1. The predicted octanol–water partition coefficient (Wildman–Crippen LogP) is 3.99. The van der Waals surface area contributed by atoms with Gasteiger partial charge in [0.2, 0.25) is 5.91 Å². The number of carbonyl (C=O) groups is 2. The second-order valence-corrected chi connectivity index (χ2v) is 10.2. The molecular formula is C30H36N4O4. The van der Waals surface area contributed by atoms with E-state index >= 15 is 0 Å². The Morgan fingerprint density at radius 3 is 2.18 bits per heavy atom. The van der Waals surface area contributed by atoms with Crippen molar-refractivity contribution in [1.29, 1.82) is 0 Å². The van der Waals surface area contributed by atoms with Crippen LogP contribution in [-0.2, 0) is 9.59 Å². The van der Waals surface area contributed by atoms with Crippen molar-refractivity contribution in [2.24, 2.45) is 11.0 Å². The number of methoxy groups -OCH3 is 2. The van der Waals surface area contributed by atoms with Gasteiger partial charge in [0, 0.05) is 39.0 Å². The van der Waals surface area contributed by atoms with Gasteiger partial charge in [0.15, 0.2) is 0 Å². The molecule has 2 aromatic carbocycles. The Bertz CT molecular complexity index is 1210. The molecule has 200 valence electrons. The van der Waals surface area contributed by atoms with Gasteiger partial charge in [-0.15, -0.1) is 0 Å². The highest BCUT2D eigenvalue weighted by Gasteiger charge is 2.44. The molecule has 2 fully saturated rings. The lowest BCUT2D eigenvalue weighted by Gasteiger charge is -2.35. The van der Waals surface area contributed by atoms with Gasteiger partial charge in [0.1, 0.15) is 11.5 Å². The zero-order chi connectivity index (χ0) is 26.6. The molecule has 8 nitrogen and oxygen atoms in total. The van der Waals surface area contributed by atoms with Crippen LogP contribution in [0, 0.1) is 5.92 Å². The van der Waals surface area contributed by atoms with Crippen LogP contribution in [0.4, 0.5) is 0 Å². The first-order valence-electron chi connectivity index (χ1n) is 13.3. The average Bonchev–Trinajstić information content (AvgIpc) is 3.35. The Morgan fingerprint density at radius 1 is 0.947 bits per heavy atom. The van der Waals surface area contributed by atoms with E-state index in [0.29, 0.717) is 32.7 Å². The molecule has 1 aliphatic carbocycles. The number of allylic oxidation sites excluding steroid dienone is 1. The maximum atomic E-state index is 13.8. The fraction of sp³-hybridized carbons (Fsp3) is 0.433. The monoisotopic (exact) mass is 516 g/mol. The number of rotatable bonds is 6. The molecular weight excluding hydrogens is 480 g/mol. The van der Waals surface area contributed by atoms with Crippen LogP contribution < -0.4 is 9.47 Å². The van der Waals surface area contributed by atoms with Crippen molar-refractivity contribution in [3.63, 3.8) is 0 Å². The van der Waals surface area contributed by atoms with Crippen LogP contribution in [-0.4, -0.2) is 79.3 Å². The number of nitrogens with zero attached hydrogens (tertiary/aromatic N) is 4. The Kier molecular flexibility index (Phi) is 7.79. The topological polar surface area (TPSA) is 74.7 Å². The maximum absolute atomic E-state index is 13.8. The van der Waals surface area contributed by atoms with Gasteiger partial charge >= 0.3 is 0 Å². The van der Waals surface area contributed by atoms with Gasteiger partial charge < -0.3 is 14.4 Å². The lowest BCUT2D eigenvalue weighted by Crippen LogP contribution is -2.50. The first-order chi connectivity index (χ1) is 18.5. The fourth-order valence-corrected chi connectivity index (χ4v) is 5.73. The second-order valence-electron chi connectivity index (χ2n) is 10.2. The summed E-state index contributed by atoms with van der Waals surface area (Å²) < 4.78 is 10.7. The summed E-state index contributed by atoms with van der Waals surface area (Å²) >= 11 is 0. The Morgan fingerprint density at radius 2 is 1.58 bits per heavy atom. The Hall–Kier alpha value is -3.65. The smallest absolute Gasteiger partial charge is 0.257 e. The molecule has 2 aromatic rings. The zero-order valence-corrected chi connectivity index (χ0v) is 22.4. The largest absolute Gasteiger partial charge is 0.497 e.